The lowest BCUT2D eigenvalue weighted by Crippen LogP contribution is -2.44. The van der Waals surface area contributed by atoms with Crippen molar-refractivity contribution in [3.63, 3.8) is 0 Å². The second-order valence-corrected chi connectivity index (χ2v) is 11.8. The molecule has 0 bridgehead atoms. The Morgan fingerprint density at radius 2 is 0.946 bits per heavy atom. The normalized spacial score (nSPS) is 15.3. The lowest BCUT2D eigenvalue weighted by molar-refractivity contribution is -0.137. The molecule has 0 atom stereocenters. The topological polar surface area (TPSA) is 18.5 Å². The number of hydrogen-bond donors (Lipinski definition) is 0. The van der Waals surface area contributed by atoms with E-state index in [1.54, 1.807) is 12.2 Å². The Hall–Kier alpha value is -3.41. The van der Waals surface area contributed by atoms with E-state index in [1.165, 1.54) is 12.1 Å². The zero-order valence-corrected chi connectivity index (χ0v) is 22.0. The molecule has 0 amide bonds. The van der Waals surface area contributed by atoms with Gasteiger partial charge in [0.05, 0.1) is 5.56 Å². The highest BCUT2D eigenvalue weighted by Crippen LogP contribution is 2.37. The molecule has 2 aliphatic heterocycles. The molecule has 3 aromatic rings. The first-order valence-electron chi connectivity index (χ1n) is 12.4. The van der Waals surface area contributed by atoms with Gasteiger partial charge in [-0.15, -0.1) is 0 Å². The number of alkyl halides is 3. The Morgan fingerprint density at radius 3 is 1.27 bits per heavy atom. The maximum Gasteiger partial charge on any atom is 0.633 e. The molecule has 2 nitrogen and oxygen atoms in total. The van der Waals surface area contributed by atoms with Crippen molar-refractivity contribution < 1.29 is 22.5 Å². The van der Waals surface area contributed by atoms with E-state index >= 15 is 0 Å². The van der Waals surface area contributed by atoms with Crippen LogP contribution in [0.25, 0.3) is 23.7 Å². The zero-order valence-electron chi connectivity index (χ0n) is 22.0. The molecule has 0 radical (unpaired) electrons. The molecular weight excluding hydrogens is 472 g/mol. The summed E-state index contributed by atoms with van der Waals surface area (Å²) >= 11 is 0. The van der Waals surface area contributed by atoms with E-state index in [9.17, 15) is 13.2 Å². The van der Waals surface area contributed by atoms with E-state index in [-0.39, 0.29) is 10.8 Å². The van der Waals surface area contributed by atoms with Gasteiger partial charge in [0.15, 0.2) is 0 Å². The SMILES string of the molecule is CC(C)(C)c1ccc(C2=Cc3cc(C(F)(F)F)cc4c3B(O2)OC(c2ccc(C(C)(C)C)cc2)=C4)cc1. The third-order valence-corrected chi connectivity index (χ3v) is 6.92. The van der Waals surface area contributed by atoms with Gasteiger partial charge in [0, 0.05) is 16.6 Å². The van der Waals surface area contributed by atoms with Gasteiger partial charge in [0.1, 0.15) is 11.5 Å². The van der Waals surface area contributed by atoms with Crippen LogP contribution in [0.5, 0.6) is 0 Å². The quantitative estimate of drug-likeness (QED) is 0.330. The van der Waals surface area contributed by atoms with Crippen LogP contribution in [0.2, 0.25) is 0 Å². The van der Waals surface area contributed by atoms with E-state index in [0.717, 1.165) is 22.3 Å². The fourth-order valence-corrected chi connectivity index (χ4v) is 4.67. The Balaban J connectivity index is 1.58. The Morgan fingerprint density at radius 1 is 0.568 bits per heavy atom. The minimum absolute atomic E-state index is 0.0157. The summed E-state index contributed by atoms with van der Waals surface area (Å²) in [4.78, 5) is 0. The van der Waals surface area contributed by atoms with Gasteiger partial charge >= 0.3 is 13.3 Å². The highest BCUT2D eigenvalue weighted by molar-refractivity contribution is 6.66. The van der Waals surface area contributed by atoms with Gasteiger partial charge in [-0.05, 0) is 57.4 Å². The van der Waals surface area contributed by atoms with Crippen LogP contribution >= 0.6 is 0 Å². The lowest BCUT2D eigenvalue weighted by atomic mass is 9.68. The highest BCUT2D eigenvalue weighted by atomic mass is 19.4. The van der Waals surface area contributed by atoms with Crippen LogP contribution in [0, 0.1) is 0 Å². The first-order valence-corrected chi connectivity index (χ1v) is 12.4. The van der Waals surface area contributed by atoms with Gasteiger partial charge in [0.2, 0.25) is 0 Å². The summed E-state index contributed by atoms with van der Waals surface area (Å²) in [5.74, 6) is 0.958. The van der Waals surface area contributed by atoms with Gasteiger partial charge in [-0.2, -0.15) is 13.2 Å². The fourth-order valence-electron chi connectivity index (χ4n) is 4.67. The Bertz CT molecular complexity index is 1300. The summed E-state index contributed by atoms with van der Waals surface area (Å²) in [5, 5.41) is 0. The molecule has 0 aromatic heterocycles. The van der Waals surface area contributed by atoms with E-state index in [4.69, 9.17) is 9.31 Å². The van der Waals surface area contributed by atoms with E-state index in [0.29, 0.717) is 28.1 Å². The summed E-state index contributed by atoms with van der Waals surface area (Å²) in [6, 6.07) is 18.2. The molecule has 0 aliphatic carbocycles. The number of benzene rings is 3. The van der Waals surface area contributed by atoms with Crippen molar-refractivity contribution in [1.29, 1.82) is 0 Å². The summed E-state index contributed by atoms with van der Waals surface area (Å²) in [6.07, 6.45) is -1.11. The van der Waals surface area contributed by atoms with Crippen molar-refractivity contribution in [3.05, 3.63) is 99.6 Å². The van der Waals surface area contributed by atoms with Crippen LogP contribution < -0.4 is 5.46 Å². The molecule has 37 heavy (non-hydrogen) atoms. The van der Waals surface area contributed by atoms with Crippen molar-refractivity contribution in [3.8, 4) is 0 Å². The molecule has 0 spiro atoms. The zero-order chi connectivity index (χ0) is 26.8. The smallest absolute Gasteiger partial charge is 0.521 e. The summed E-state index contributed by atoms with van der Waals surface area (Å²) in [5.41, 5.74) is 4.68. The second-order valence-electron chi connectivity index (χ2n) is 11.8. The maximum absolute atomic E-state index is 13.8. The van der Waals surface area contributed by atoms with Crippen molar-refractivity contribution in [2.24, 2.45) is 0 Å². The van der Waals surface area contributed by atoms with Gasteiger partial charge in [-0.1, -0.05) is 90.1 Å². The maximum atomic E-state index is 13.8. The fraction of sp³-hybridized carbons (Fsp3) is 0.290. The van der Waals surface area contributed by atoms with E-state index < -0.39 is 18.9 Å². The standard InChI is InChI=1S/C31H30BF3O2/c1-29(2,3)23-11-7-19(8-12-23)26-17-21-15-25(31(33,34)35)16-22-18-27(37-32(36-26)28(21)22)20-9-13-24(14-10-20)30(4,5)6/h7-18H,1-6H3. The van der Waals surface area contributed by atoms with E-state index in [1.807, 2.05) is 48.5 Å². The molecule has 190 valence electrons. The predicted octanol–water partition coefficient (Wildman–Crippen LogP) is 8.05. The lowest BCUT2D eigenvalue weighted by Gasteiger charge is -2.31. The minimum Gasteiger partial charge on any atom is -0.521 e. The van der Waals surface area contributed by atoms with Crippen molar-refractivity contribution in [2.45, 2.75) is 58.5 Å². The molecule has 2 heterocycles. The molecule has 2 aliphatic rings. The molecule has 6 heteroatoms. The largest absolute Gasteiger partial charge is 0.633 e. The minimum atomic E-state index is -4.47. The third kappa shape index (κ3) is 4.94. The second kappa shape index (κ2) is 8.58. The van der Waals surface area contributed by atoms with Crippen molar-refractivity contribution >= 4 is 36.3 Å². The van der Waals surface area contributed by atoms with Gasteiger partial charge in [0.25, 0.3) is 0 Å². The highest BCUT2D eigenvalue weighted by Gasteiger charge is 2.41. The Kier molecular flexibility index (Phi) is 5.85. The summed E-state index contributed by atoms with van der Waals surface area (Å²) in [7, 11) is -0.850. The van der Waals surface area contributed by atoms with Gasteiger partial charge < -0.3 is 9.31 Å². The van der Waals surface area contributed by atoms with Gasteiger partial charge in [-0.25, -0.2) is 0 Å². The average Bonchev–Trinajstić information content (AvgIpc) is 2.82. The predicted molar refractivity (Wildman–Crippen MR) is 145 cm³/mol. The molecular formula is C31H30BF3O2. The molecule has 0 unspecified atom stereocenters. The number of rotatable bonds is 2. The first kappa shape index (κ1) is 25.3. The van der Waals surface area contributed by atoms with Crippen LogP contribution in [0.4, 0.5) is 13.2 Å². The first-order chi connectivity index (χ1) is 17.2. The molecule has 0 saturated carbocycles. The third-order valence-electron chi connectivity index (χ3n) is 6.92. The van der Waals surface area contributed by atoms with Crippen molar-refractivity contribution in [1.82, 2.24) is 0 Å². The van der Waals surface area contributed by atoms with E-state index in [2.05, 4.69) is 41.5 Å². The molecule has 0 N–H and O–H groups in total. The van der Waals surface area contributed by atoms with Crippen LogP contribution in [-0.4, -0.2) is 7.12 Å². The number of hydrogen-bond acceptors (Lipinski definition) is 2. The number of halogens is 3. The van der Waals surface area contributed by atoms with Crippen molar-refractivity contribution in [2.75, 3.05) is 0 Å². The summed E-state index contributed by atoms with van der Waals surface area (Å²) in [6.45, 7) is 12.8. The average molecular weight is 502 g/mol. The summed E-state index contributed by atoms with van der Waals surface area (Å²) < 4.78 is 54.1. The van der Waals surface area contributed by atoms with Crippen LogP contribution in [0.3, 0.4) is 0 Å². The molecule has 0 fully saturated rings. The molecule has 3 aromatic carbocycles. The van der Waals surface area contributed by atoms with Crippen LogP contribution in [0.1, 0.15) is 80.5 Å². The Labute approximate surface area is 217 Å². The molecule has 5 rings (SSSR count). The van der Waals surface area contributed by atoms with Gasteiger partial charge in [-0.3, -0.25) is 0 Å². The van der Waals surface area contributed by atoms with Crippen LogP contribution in [-0.2, 0) is 26.3 Å². The monoisotopic (exact) mass is 502 g/mol. The molecule has 0 saturated heterocycles. The van der Waals surface area contributed by atoms with Crippen LogP contribution in [0.15, 0.2) is 60.7 Å².